The Morgan fingerprint density at radius 3 is 2.94 bits per heavy atom. The smallest absolute Gasteiger partial charge is 0.324 e. The van der Waals surface area contributed by atoms with Crippen molar-refractivity contribution in [3.8, 4) is 9.88 Å². The van der Waals surface area contributed by atoms with Gasteiger partial charge in [0.15, 0.2) is 5.01 Å². The summed E-state index contributed by atoms with van der Waals surface area (Å²) in [6.45, 7) is 4.19. The summed E-state index contributed by atoms with van der Waals surface area (Å²) in [6.07, 6.45) is 1.72. The highest BCUT2D eigenvalue weighted by Crippen LogP contribution is 2.35. The van der Waals surface area contributed by atoms with E-state index < -0.39 is 4.92 Å². The molecule has 0 fully saturated rings. The van der Waals surface area contributed by atoms with Gasteiger partial charge in [-0.15, -0.1) is 16.8 Å². The second-order valence-corrected chi connectivity index (χ2v) is 5.02. The van der Waals surface area contributed by atoms with Gasteiger partial charge in [-0.05, 0) is 6.07 Å². The topological polar surface area (TPSA) is 81.0 Å². The predicted molar refractivity (Wildman–Crippen MR) is 68.6 cm³/mol. The number of nitrogens with zero attached hydrogens (tertiary/aromatic N) is 3. The lowest BCUT2D eigenvalue weighted by molar-refractivity contribution is -0.380. The maximum Gasteiger partial charge on any atom is 0.324 e. The molecule has 2 heterocycles. The van der Waals surface area contributed by atoms with Gasteiger partial charge in [-0.3, -0.25) is 10.1 Å². The lowest BCUT2D eigenvalue weighted by atomic mass is 10.5. The van der Waals surface area contributed by atoms with Crippen LogP contribution in [0.4, 0.5) is 10.1 Å². The van der Waals surface area contributed by atoms with Crippen LogP contribution < -0.4 is 5.32 Å². The molecule has 2 rings (SSSR count). The third-order valence-corrected chi connectivity index (χ3v) is 3.89. The van der Waals surface area contributed by atoms with Crippen LogP contribution in [0.25, 0.3) is 9.88 Å². The number of hydrogen-bond acceptors (Lipinski definition) is 7. The van der Waals surface area contributed by atoms with E-state index in [1.807, 2.05) is 0 Å². The summed E-state index contributed by atoms with van der Waals surface area (Å²) in [4.78, 5) is 10.9. The minimum atomic E-state index is -0.411. The number of rotatable bonds is 5. The molecule has 0 saturated carbocycles. The zero-order valence-corrected chi connectivity index (χ0v) is 10.3. The number of anilines is 1. The molecule has 0 atom stereocenters. The molecule has 2 aromatic heterocycles. The van der Waals surface area contributed by atoms with Crippen LogP contribution in [-0.4, -0.2) is 21.7 Å². The van der Waals surface area contributed by atoms with Crippen molar-refractivity contribution in [2.24, 2.45) is 0 Å². The first-order valence-corrected chi connectivity index (χ1v) is 6.27. The van der Waals surface area contributed by atoms with E-state index in [0.717, 1.165) is 16.2 Å². The normalized spacial score (nSPS) is 10.1. The third-order valence-electron chi connectivity index (χ3n) is 1.81. The van der Waals surface area contributed by atoms with Crippen molar-refractivity contribution in [2.45, 2.75) is 0 Å². The molecule has 2 aromatic rings. The second kappa shape index (κ2) is 5.02. The van der Waals surface area contributed by atoms with Gasteiger partial charge >= 0.3 is 5.00 Å². The summed E-state index contributed by atoms with van der Waals surface area (Å²) < 4.78 is 0. The number of aromatic nitrogens is 2. The quantitative estimate of drug-likeness (QED) is 0.512. The highest BCUT2D eigenvalue weighted by molar-refractivity contribution is 7.24. The maximum absolute atomic E-state index is 10.6. The van der Waals surface area contributed by atoms with Crippen molar-refractivity contribution in [3.63, 3.8) is 0 Å². The molecule has 0 spiro atoms. The Hall–Kier alpha value is -1.80. The summed E-state index contributed by atoms with van der Waals surface area (Å²) in [6, 6.07) is 3.15. The molecule has 0 aliphatic rings. The Morgan fingerprint density at radius 2 is 2.29 bits per heavy atom. The molecule has 0 aliphatic heterocycles. The van der Waals surface area contributed by atoms with Crippen LogP contribution >= 0.6 is 22.7 Å². The molecule has 0 aliphatic carbocycles. The van der Waals surface area contributed by atoms with Gasteiger partial charge in [-0.2, -0.15) is 0 Å². The number of hydrogen-bond donors (Lipinski definition) is 1. The molecule has 0 bridgehead atoms. The first kappa shape index (κ1) is 11.7. The van der Waals surface area contributed by atoms with Crippen LogP contribution in [0, 0.1) is 10.1 Å². The fraction of sp³-hybridized carbons (Fsp3) is 0.111. The standard InChI is InChI=1S/C9H8N4O2S2/c1-2-5-10-9-12-11-8(17-9)6-3-4-7(16-6)13(14)15/h2-4H,1,5H2,(H,10,12). The average Bonchev–Trinajstić information content (AvgIpc) is 2.94. The molecule has 6 nitrogen and oxygen atoms in total. The number of nitrogens with one attached hydrogen (secondary N) is 1. The van der Waals surface area contributed by atoms with Crippen molar-refractivity contribution in [1.29, 1.82) is 0 Å². The van der Waals surface area contributed by atoms with Crippen molar-refractivity contribution >= 4 is 32.8 Å². The van der Waals surface area contributed by atoms with Crippen molar-refractivity contribution in [1.82, 2.24) is 10.2 Å². The van der Waals surface area contributed by atoms with Crippen LogP contribution in [-0.2, 0) is 0 Å². The van der Waals surface area contributed by atoms with Crippen LogP contribution in [0.2, 0.25) is 0 Å². The maximum atomic E-state index is 10.6. The van der Waals surface area contributed by atoms with Crippen molar-refractivity contribution in [2.75, 3.05) is 11.9 Å². The fourth-order valence-electron chi connectivity index (χ4n) is 1.09. The van der Waals surface area contributed by atoms with E-state index in [0.29, 0.717) is 16.7 Å². The number of nitro groups is 1. The van der Waals surface area contributed by atoms with Crippen LogP contribution in [0.5, 0.6) is 0 Å². The van der Waals surface area contributed by atoms with Crippen molar-refractivity contribution in [3.05, 3.63) is 34.9 Å². The van der Waals surface area contributed by atoms with Gasteiger partial charge in [0.05, 0.1) is 9.80 Å². The summed E-state index contributed by atoms with van der Waals surface area (Å²) in [5.74, 6) is 0. The van der Waals surface area contributed by atoms with Gasteiger partial charge < -0.3 is 5.32 Å². The Kier molecular flexibility index (Phi) is 3.45. The Bertz CT molecular complexity index is 549. The van der Waals surface area contributed by atoms with Gasteiger partial charge in [-0.25, -0.2) is 0 Å². The molecule has 8 heteroatoms. The van der Waals surface area contributed by atoms with Crippen LogP contribution in [0.3, 0.4) is 0 Å². The average molecular weight is 268 g/mol. The SMILES string of the molecule is C=CCNc1nnc(-c2ccc([N+](=O)[O-])s2)s1. The molecular weight excluding hydrogens is 260 g/mol. The van der Waals surface area contributed by atoms with E-state index in [9.17, 15) is 10.1 Å². The van der Waals surface area contributed by atoms with E-state index in [4.69, 9.17) is 0 Å². The first-order valence-electron chi connectivity index (χ1n) is 4.63. The highest BCUT2D eigenvalue weighted by atomic mass is 32.1. The van der Waals surface area contributed by atoms with E-state index in [2.05, 4.69) is 22.1 Å². The van der Waals surface area contributed by atoms with Gasteiger partial charge in [0, 0.05) is 12.6 Å². The van der Waals surface area contributed by atoms with E-state index >= 15 is 0 Å². The molecule has 0 unspecified atom stereocenters. The second-order valence-electron chi connectivity index (χ2n) is 2.98. The molecular formula is C9H8N4O2S2. The predicted octanol–water partition coefficient (Wildman–Crippen LogP) is 2.77. The molecule has 88 valence electrons. The summed E-state index contributed by atoms with van der Waals surface area (Å²) in [7, 11) is 0. The summed E-state index contributed by atoms with van der Waals surface area (Å²) in [5, 5.41) is 22.9. The molecule has 0 saturated heterocycles. The largest absolute Gasteiger partial charge is 0.357 e. The highest BCUT2D eigenvalue weighted by Gasteiger charge is 2.14. The Balaban J connectivity index is 2.18. The third kappa shape index (κ3) is 2.66. The fourth-order valence-corrected chi connectivity index (χ4v) is 2.72. The van der Waals surface area contributed by atoms with Gasteiger partial charge in [0.25, 0.3) is 0 Å². The lowest BCUT2D eigenvalue weighted by Crippen LogP contribution is -1.96. The van der Waals surface area contributed by atoms with Gasteiger partial charge in [0.2, 0.25) is 5.13 Å². The molecule has 0 amide bonds. The molecule has 17 heavy (non-hydrogen) atoms. The Labute approximate surface area is 105 Å². The zero-order valence-electron chi connectivity index (χ0n) is 8.62. The Morgan fingerprint density at radius 1 is 1.47 bits per heavy atom. The summed E-state index contributed by atoms with van der Waals surface area (Å²) in [5.41, 5.74) is 0. The molecule has 1 N–H and O–H groups in total. The number of thiophene rings is 1. The van der Waals surface area contributed by atoms with E-state index in [1.165, 1.54) is 17.4 Å². The van der Waals surface area contributed by atoms with Crippen molar-refractivity contribution < 1.29 is 4.92 Å². The van der Waals surface area contributed by atoms with Gasteiger partial charge in [-0.1, -0.05) is 28.7 Å². The minimum absolute atomic E-state index is 0.107. The van der Waals surface area contributed by atoms with Gasteiger partial charge in [0.1, 0.15) is 0 Å². The molecule has 0 radical (unpaired) electrons. The monoisotopic (exact) mass is 268 g/mol. The molecule has 0 aromatic carbocycles. The van der Waals surface area contributed by atoms with Crippen LogP contribution in [0.15, 0.2) is 24.8 Å². The first-order chi connectivity index (χ1) is 8.20. The van der Waals surface area contributed by atoms with Crippen LogP contribution in [0.1, 0.15) is 0 Å². The van der Waals surface area contributed by atoms with E-state index in [-0.39, 0.29) is 5.00 Å². The minimum Gasteiger partial charge on any atom is -0.357 e. The summed E-state index contributed by atoms with van der Waals surface area (Å²) >= 11 is 2.45. The zero-order chi connectivity index (χ0) is 12.3. The lowest BCUT2D eigenvalue weighted by Gasteiger charge is -1.92. The van der Waals surface area contributed by atoms with E-state index in [1.54, 1.807) is 12.1 Å².